The van der Waals surface area contributed by atoms with Crippen molar-refractivity contribution in [2.75, 3.05) is 6.54 Å². The third-order valence-corrected chi connectivity index (χ3v) is 3.73. The Kier molecular flexibility index (Phi) is 4.50. The van der Waals surface area contributed by atoms with Gasteiger partial charge in [-0.3, -0.25) is 4.79 Å². The summed E-state index contributed by atoms with van der Waals surface area (Å²) in [6.45, 7) is 2.82. The average molecular weight is 318 g/mol. The molecule has 0 saturated heterocycles. The lowest BCUT2D eigenvalue weighted by molar-refractivity contribution is -0.121. The standard InChI is InChI=1S/C12H13Cl2N3OS/c1-2-3-15-11(18)6-17-10-5-8(14)7(13)4-9(10)16-12(17)19/h4-5H,2-3,6H2,1H3,(H,15,18)(H,16,19). The van der Waals surface area contributed by atoms with Crippen LogP contribution in [0.3, 0.4) is 0 Å². The van der Waals surface area contributed by atoms with Gasteiger partial charge in [-0.25, -0.2) is 0 Å². The Bertz CT molecular complexity index is 677. The first-order chi connectivity index (χ1) is 9.02. The quantitative estimate of drug-likeness (QED) is 0.847. The second-order valence-electron chi connectivity index (χ2n) is 4.15. The van der Waals surface area contributed by atoms with E-state index in [0.717, 1.165) is 17.5 Å². The molecule has 2 N–H and O–H groups in total. The van der Waals surface area contributed by atoms with E-state index in [2.05, 4.69) is 10.3 Å². The van der Waals surface area contributed by atoms with Gasteiger partial charge in [0.15, 0.2) is 4.77 Å². The molecule has 19 heavy (non-hydrogen) atoms. The molecule has 7 heteroatoms. The van der Waals surface area contributed by atoms with Crippen LogP contribution in [0, 0.1) is 4.77 Å². The highest BCUT2D eigenvalue weighted by Gasteiger charge is 2.10. The number of H-pyrrole nitrogens is 1. The Morgan fingerprint density at radius 2 is 2.11 bits per heavy atom. The molecule has 0 radical (unpaired) electrons. The van der Waals surface area contributed by atoms with Crippen LogP contribution in [-0.2, 0) is 11.3 Å². The van der Waals surface area contributed by atoms with Crippen LogP contribution in [-0.4, -0.2) is 22.0 Å². The SMILES string of the molecule is CCCNC(=O)Cn1c(=S)[nH]c2cc(Cl)c(Cl)cc21. The van der Waals surface area contributed by atoms with E-state index in [1.165, 1.54) is 0 Å². The summed E-state index contributed by atoms with van der Waals surface area (Å²) in [5.74, 6) is -0.0788. The van der Waals surface area contributed by atoms with Gasteiger partial charge in [0.2, 0.25) is 5.91 Å². The van der Waals surface area contributed by atoms with Gasteiger partial charge in [0, 0.05) is 6.54 Å². The van der Waals surface area contributed by atoms with E-state index in [0.29, 0.717) is 21.4 Å². The summed E-state index contributed by atoms with van der Waals surface area (Å²) in [5, 5.41) is 3.70. The van der Waals surface area contributed by atoms with Crippen LogP contribution < -0.4 is 5.32 Å². The Balaban J connectivity index is 2.37. The van der Waals surface area contributed by atoms with E-state index in [9.17, 15) is 4.79 Å². The lowest BCUT2D eigenvalue weighted by Gasteiger charge is -2.06. The van der Waals surface area contributed by atoms with Crippen molar-refractivity contribution in [2.24, 2.45) is 0 Å². The number of halogens is 2. The molecular weight excluding hydrogens is 305 g/mol. The number of amides is 1. The lowest BCUT2D eigenvalue weighted by Crippen LogP contribution is -2.28. The van der Waals surface area contributed by atoms with Gasteiger partial charge in [-0.05, 0) is 30.8 Å². The minimum absolute atomic E-state index is 0.0788. The fraction of sp³-hybridized carbons (Fsp3) is 0.333. The molecule has 2 aromatic rings. The van der Waals surface area contributed by atoms with Crippen LogP contribution in [0.2, 0.25) is 10.0 Å². The second-order valence-corrected chi connectivity index (χ2v) is 5.35. The van der Waals surface area contributed by atoms with E-state index in [1.807, 2.05) is 6.92 Å². The van der Waals surface area contributed by atoms with Crippen molar-refractivity contribution in [1.82, 2.24) is 14.9 Å². The monoisotopic (exact) mass is 317 g/mol. The first-order valence-electron chi connectivity index (χ1n) is 5.87. The van der Waals surface area contributed by atoms with Crippen molar-refractivity contribution < 1.29 is 4.79 Å². The van der Waals surface area contributed by atoms with Gasteiger partial charge in [0.25, 0.3) is 0 Å². The number of aromatic amines is 1. The third kappa shape index (κ3) is 3.11. The first kappa shape index (κ1) is 14.4. The summed E-state index contributed by atoms with van der Waals surface area (Å²) >= 11 is 17.2. The van der Waals surface area contributed by atoms with Gasteiger partial charge in [0.1, 0.15) is 6.54 Å². The molecule has 1 aromatic heterocycles. The molecule has 1 heterocycles. The van der Waals surface area contributed by atoms with Crippen LogP contribution in [0.1, 0.15) is 13.3 Å². The van der Waals surface area contributed by atoms with Gasteiger partial charge in [-0.1, -0.05) is 30.1 Å². The first-order valence-corrected chi connectivity index (χ1v) is 7.03. The Labute approximate surface area is 125 Å². The molecule has 0 atom stereocenters. The van der Waals surface area contributed by atoms with Gasteiger partial charge >= 0.3 is 0 Å². The summed E-state index contributed by atoms with van der Waals surface area (Å²) in [6.07, 6.45) is 0.895. The molecule has 0 fully saturated rings. The molecule has 1 amide bonds. The fourth-order valence-corrected chi connectivity index (χ4v) is 2.37. The molecule has 0 unspecified atom stereocenters. The number of nitrogens with one attached hydrogen (secondary N) is 2. The number of imidazole rings is 1. The molecule has 4 nitrogen and oxygen atoms in total. The van der Waals surface area contributed by atoms with Crippen molar-refractivity contribution in [2.45, 2.75) is 19.9 Å². The molecule has 0 aliphatic carbocycles. The molecule has 0 bridgehead atoms. The fourth-order valence-electron chi connectivity index (χ4n) is 1.77. The summed E-state index contributed by atoms with van der Waals surface area (Å²) in [5.41, 5.74) is 1.54. The van der Waals surface area contributed by atoms with Crippen molar-refractivity contribution in [3.63, 3.8) is 0 Å². The molecule has 2 rings (SSSR count). The number of hydrogen-bond donors (Lipinski definition) is 2. The van der Waals surface area contributed by atoms with E-state index in [4.69, 9.17) is 35.4 Å². The largest absolute Gasteiger partial charge is 0.355 e. The van der Waals surface area contributed by atoms with Gasteiger partial charge < -0.3 is 14.9 Å². The molecule has 0 spiro atoms. The van der Waals surface area contributed by atoms with Gasteiger partial charge in [0.05, 0.1) is 21.1 Å². The van der Waals surface area contributed by atoms with Crippen LogP contribution >= 0.6 is 35.4 Å². The van der Waals surface area contributed by atoms with Crippen molar-refractivity contribution in [1.29, 1.82) is 0 Å². The molecule has 0 aliphatic rings. The highest BCUT2D eigenvalue weighted by Crippen LogP contribution is 2.27. The summed E-state index contributed by atoms with van der Waals surface area (Å²) in [7, 11) is 0. The third-order valence-electron chi connectivity index (χ3n) is 2.69. The number of fused-ring (bicyclic) bond motifs is 1. The predicted molar refractivity (Wildman–Crippen MR) is 80.4 cm³/mol. The summed E-state index contributed by atoms with van der Waals surface area (Å²) < 4.78 is 2.18. The number of hydrogen-bond acceptors (Lipinski definition) is 2. The molecule has 0 saturated carbocycles. The van der Waals surface area contributed by atoms with E-state index in [-0.39, 0.29) is 12.5 Å². The zero-order valence-corrected chi connectivity index (χ0v) is 12.6. The normalized spacial score (nSPS) is 10.9. The van der Waals surface area contributed by atoms with Crippen molar-refractivity contribution in [3.05, 3.63) is 26.9 Å². The molecular formula is C12H13Cl2N3OS. The Morgan fingerprint density at radius 3 is 2.79 bits per heavy atom. The van der Waals surface area contributed by atoms with Crippen LogP contribution in [0.4, 0.5) is 0 Å². The second kappa shape index (κ2) is 5.94. The van der Waals surface area contributed by atoms with Crippen LogP contribution in [0.15, 0.2) is 12.1 Å². The Morgan fingerprint density at radius 1 is 1.42 bits per heavy atom. The summed E-state index contributed by atoms with van der Waals surface area (Å²) in [6, 6.07) is 3.41. The maximum atomic E-state index is 11.8. The van der Waals surface area contributed by atoms with Gasteiger partial charge in [-0.15, -0.1) is 0 Å². The Hall–Kier alpha value is -1.04. The average Bonchev–Trinajstić information content (AvgIpc) is 2.64. The smallest absolute Gasteiger partial charge is 0.240 e. The predicted octanol–water partition coefficient (Wildman–Crippen LogP) is 3.53. The highest BCUT2D eigenvalue weighted by atomic mass is 35.5. The molecule has 0 aliphatic heterocycles. The summed E-state index contributed by atoms with van der Waals surface area (Å²) in [4.78, 5) is 14.8. The number of carbonyl (C=O) groups is 1. The van der Waals surface area contributed by atoms with Crippen molar-refractivity contribution >= 4 is 52.4 Å². The number of benzene rings is 1. The van der Waals surface area contributed by atoms with Gasteiger partial charge in [-0.2, -0.15) is 0 Å². The maximum Gasteiger partial charge on any atom is 0.240 e. The van der Waals surface area contributed by atoms with Crippen LogP contribution in [0.5, 0.6) is 0 Å². The maximum absolute atomic E-state index is 11.8. The minimum atomic E-state index is -0.0788. The van der Waals surface area contributed by atoms with E-state index >= 15 is 0 Å². The minimum Gasteiger partial charge on any atom is -0.355 e. The highest BCUT2D eigenvalue weighted by molar-refractivity contribution is 7.71. The van der Waals surface area contributed by atoms with E-state index in [1.54, 1.807) is 16.7 Å². The zero-order chi connectivity index (χ0) is 14.0. The topological polar surface area (TPSA) is 49.8 Å². The number of nitrogens with zero attached hydrogens (tertiary/aromatic N) is 1. The molecule has 102 valence electrons. The number of aromatic nitrogens is 2. The molecule has 1 aromatic carbocycles. The van der Waals surface area contributed by atoms with E-state index < -0.39 is 0 Å². The number of carbonyl (C=O) groups excluding carboxylic acids is 1. The zero-order valence-electron chi connectivity index (χ0n) is 10.3. The number of rotatable bonds is 4. The lowest BCUT2D eigenvalue weighted by atomic mass is 10.3. The van der Waals surface area contributed by atoms with Crippen molar-refractivity contribution in [3.8, 4) is 0 Å². The van der Waals surface area contributed by atoms with Crippen LogP contribution in [0.25, 0.3) is 11.0 Å².